The molecule has 0 aliphatic carbocycles. The molecule has 0 bridgehead atoms. The van der Waals surface area contributed by atoms with E-state index < -0.39 is 0 Å². The number of benzene rings is 1. The number of amides is 1. The van der Waals surface area contributed by atoms with Crippen LogP contribution in [0.3, 0.4) is 0 Å². The maximum absolute atomic E-state index is 12.1. The molecule has 1 aromatic carbocycles. The van der Waals surface area contributed by atoms with Crippen molar-refractivity contribution in [2.45, 2.75) is 32.4 Å². The molecule has 0 aliphatic heterocycles. The highest BCUT2D eigenvalue weighted by molar-refractivity contribution is 6.33. The van der Waals surface area contributed by atoms with E-state index in [4.69, 9.17) is 17.3 Å². The summed E-state index contributed by atoms with van der Waals surface area (Å²) in [5.41, 5.74) is 6.74. The van der Waals surface area contributed by atoms with Crippen LogP contribution in [0.1, 0.15) is 20.3 Å². The molecule has 20 heavy (non-hydrogen) atoms. The summed E-state index contributed by atoms with van der Waals surface area (Å²) in [4.78, 5) is 14.0. The second-order valence-corrected chi connectivity index (χ2v) is 5.43. The number of nitrogens with two attached hydrogens (primary N) is 1. The number of aliphatic hydroxyl groups excluding tert-OH is 1. The first kappa shape index (κ1) is 16.8. The average molecular weight is 300 g/mol. The molecule has 0 spiro atoms. The van der Waals surface area contributed by atoms with Gasteiger partial charge < -0.3 is 16.2 Å². The standard InChI is InChI=1S/C14H22ClN3O2/c1-9(19)6-7-18(3)10(2)14(20)17-11-4-5-12(15)13(16)8-11/h4-5,8-10,19H,6-7,16H2,1-3H3,(H,17,20). The zero-order valence-electron chi connectivity index (χ0n) is 12.1. The molecule has 1 amide bonds. The minimum absolute atomic E-state index is 0.125. The Labute approximate surface area is 124 Å². The monoisotopic (exact) mass is 299 g/mol. The summed E-state index contributed by atoms with van der Waals surface area (Å²) in [5, 5.41) is 12.5. The number of halogens is 1. The third kappa shape index (κ3) is 5.00. The van der Waals surface area contributed by atoms with Crippen LogP contribution >= 0.6 is 11.6 Å². The summed E-state index contributed by atoms with van der Waals surface area (Å²) in [6, 6.07) is 4.68. The number of nitrogen functional groups attached to an aromatic ring is 1. The SMILES string of the molecule is CC(O)CCN(C)C(C)C(=O)Nc1ccc(Cl)c(N)c1. The Morgan fingerprint density at radius 3 is 2.70 bits per heavy atom. The molecule has 0 saturated carbocycles. The lowest BCUT2D eigenvalue weighted by molar-refractivity contribution is -0.120. The van der Waals surface area contributed by atoms with Crippen molar-refractivity contribution in [2.24, 2.45) is 0 Å². The summed E-state index contributed by atoms with van der Waals surface area (Å²) in [7, 11) is 1.85. The molecule has 4 N–H and O–H groups in total. The number of rotatable bonds is 6. The van der Waals surface area contributed by atoms with E-state index >= 15 is 0 Å². The molecular formula is C14H22ClN3O2. The van der Waals surface area contributed by atoms with Crippen LogP contribution in [0.5, 0.6) is 0 Å². The van der Waals surface area contributed by atoms with Crippen molar-refractivity contribution in [1.82, 2.24) is 4.90 Å². The second-order valence-electron chi connectivity index (χ2n) is 5.02. The fourth-order valence-electron chi connectivity index (χ4n) is 1.65. The number of aliphatic hydroxyl groups is 1. The number of nitrogens with zero attached hydrogens (tertiary/aromatic N) is 1. The van der Waals surface area contributed by atoms with E-state index in [1.165, 1.54) is 0 Å². The van der Waals surface area contributed by atoms with Crippen molar-refractivity contribution < 1.29 is 9.90 Å². The predicted molar refractivity (Wildman–Crippen MR) is 82.9 cm³/mol. The predicted octanol–water partition coefficient (Wildman–Crippen LogP) is 1.95. The van der Waals surface area contributed by atoms with E-state index in [0.717, 1.165) is 0 Å². The molecule has 0 aromatic heterocycles. The number of hydrogen-bond donors (Lipinski definition) is 3. The van der Waals surface area contributed by atoms with E-state index in [0.29, 0.717) is 29.4 Å². The normalized spacial score (nSPS) is 14.1. The van der Waals surface area contributed by atoms with E-state index in [9.17, 15) is 9.90 Å². The summed E-state index contributed by atoms with van der Waals surface area (Å²) >= 11 is 5.83. The Hall–Kier alpha value is -1.30. The van der Waals surface area contributed by atoms with Gasteiger partial charge in [0.15, 0.2) is 0 Å². The Kier molecular flexibility index (Phi) is 6.26. The Balaban J connectivity index is 2.58. The molecule has 6 heteroatoms. The molecule has 2 unspecified atom stereocenters. The molecule has 0 fully saturated rings. The molecule has 0 aliphatic rings. The van der Waals surface area contributed by atoms with Gasteiger partial charge in [-0.25, -0.2) is 0 Å². The van der Waals surface area contributed by atoms with Crippen LogP contribution in [-0.2, 0) is 4.79 Å². The fourth-order valence-corrected chi connectivity index (χ4v) is 1.77. The van der Waals surface area contributed by atoms with Gasteiger partial charge in [-0.1, -0.05) is 11.6 Å². The quantitative estimate of drug-likeness (QED) is 0.702. The maximum Gasteiger partial charge on any atom is 0.241 e. The van der Waals surface area contributed by atoms with E-state index in [2.05, 4.69) is 5.32 Å². The van der Waals surface area contributed by atoms with Crippen LogP contribution in [0, 0.1) is 0 Å². The van der Waals surface area contributed by atoms with Gasteiger partial charge in [0.05, 0.1) is 22.9 Å². The van der Waals surface area contributed by atoms with E-state index in [-0.39, 0.29) is 18.1 Å². The number of carbonyl (C=O) groups excluding carboxylic acids is 1. The van der Waals surface area contributed by atoms with Gasteiger partial charge in [0.25, 0.3) is 0 Å². The van der Waals surface area contributed by atoms with Crippen LogP contribution in [0.25, 0.3) is 0 Å². The summed E-state index contributed by atoms with van der Waals surface area (Å²) in [6.45, 7) is 4.20. The summed E-state index contributed by atoms with van der Waals surface area (Å²) < 4.78 is 0. The lowest BCUT2D eigenvalue weighted by Gasteiger charge is -2.24. The van der Waals surface area contributed by atoms with Crippen LogP contribution in [0.15, 0.2) is 18.2 Å². The zero-order valence-corrected chi connectivity index (χ0v) is 12.8. The number of carbonyl (C=O) groups is 1. The van der Waals surface area contributed by atoms with Gasteiger partial charge >= 0.3 is 0 Å². The van der Waals surface area contributed by atoms with Gasteiger partial charge in [0.1, 0.15) is 0 Å². The number of nitrogens with one attached hydrogen (secondary N) is 1. The third-order valence-electron chi connectivity index (χ3n) is 3.20. The Bertz CT molecular complexity index is 466. The van der Waals surface area contributed by atoms with Gasteiger partial charge in [-0.05, 0) is 45.5 Å². The van der Waals surface area contributed by atoms with Crippen molar-refractivity contribution in [1.29, 1.82) is 0 Å². The molecule has 5 nitrogen and oxygen atoms in total. The van der Waals surface area contributed by atoms with Crippen molar-refractivity contribution in [3.63, 3.8) is 0 Å². The van der Waals surface area contributed by atoms with Crippen LogP contribution in [-0.4, -0.2) is 41.7 Å². The molecular weight excluding hydrogens is 278 g/mol. The number of likely N-dealkylation sites (N-methyl/N-ethyl adjacent to an activating group) is 1. The smallest absolute Gasteiger partial charge is 0.241 e. The minimum atomic E-state index is -0.372. The number of anilines is 2. The van der Waals surface area contributed by atoms with Gasteiger partial charge in [0.2, 0.25) is 5.91 Å². The van der Waals surface area contributed by atoms with Crippen LogP contribution < -0.4 is 11.1 Å². The van der Waals surface area contributed by atoms with Crippen LogP contribution in [0.4, 0.5) is 11.4 Å². The molecule has 112 valence electrons. The lowest BCUT2D eigenvalue weighted by atomic mass is 10.2. The molecule has 0 saturated heterocycles. The van der Waals surface area contributed by atoms with E-state index in [1.807, 2.05) is 18.9 Å². The average Bonchev–Trinajstić information content (AvgIpc) is 2.39. The highest BCUT2D eigenvalue weighted by Gasteiger charge is 2.18. The molecule has 0 radical (unpaired) electrons. The van der Waals surface area contributed by atoms with Crippen molar-refractivity contribution in [3.8, 4) is 0 Å². The molecule has 2 atom stereocenters. The van der Waals surface area contributed by atoms with Crippen molar-refractivity contribution in [3.05, 3.63) is 23.2 Å². The topological polar surface area (TPSA) is 78.6 Å². The third-order valence-corrected chi connectivity index (χ3v) is 3.55. The van der Waals surface area contributed by atoms with Crippen molar-refractivity contribution >= 4 is 28.9 Å². The Morgan fingerprint density at radius 2 is 2.15 bits per heavy atom. The molecule has 1 rings (SSSR count). The number of hydrogen-bond acceptors (Lipinski definition) is 4. The maximum atomic E-state index is 12.1. The summed E-state index contributed by atoms with van der Waals surface area (Å²) in [6.07, 6.45) is 0.255. The minimum Gasteiger partial charge on any atom is -0.397 e. The highest BCUT2D eigenvalue weighted by atomic mass is 35.5. The highest BCUT2D eigenvalue weighted by Crippen LogP contribution is 2.22. The molecule has 0 heterocycles. The van der Waals surface area contributed by atoms with Crippen molar-refractivity contribution in [2.75, 3.05) is 24.6 Å². The molecule has 1 aromatic rings. The fraction of sp³-hybridized carbons (Fsp3) is 0.500. The van der Waals surface area contributed by atoms with Gasteiger partial charge in [-0.3, -0.25) is 9.69 Å². The Morgan fingerprint density at radius 1 is 1.50 bits per heavy atom. The van der Waals surface area contributed by atoms with Gasteiger partial charge in [-0.2, -0.15) is 0 Å². The zero-order chi connectivity index (χ0) is 15.3. The van der Waals surface area contributed by atoms with Gasteiger partial charge in [-0.15, -0.1) is 0 Å². The van der Waals surface area contributed by atoms with Crippen LogP contribution in [0.2, 0.25) is 5.02 Å². The first-order valence-electron chi connectivity index (χ1n) is 6.55. The van der Waals surface area contributed by atoms with E-state index in [1.54, 1.807) is 25.1 Å². The van der Waals surface area contributed by atoms with Gasteiger partial charge in [0, 0.05) is 12.2 Å². The largest absolute Gasteiger partial charge is 0.397 e. The summed E-state index contributed by atoms with van der Waals surface area (Å²) in [5.74, 6) is -0.125. The lowest BCUT2D eigenvalue weighted by Crippen LogP contribution is -2.40. The first-order chi connectivity index (χ1) is 9.31. The second kappa shape index (κ2) is 7.47. The first-order valence-corrected chi connectivity index (χ1v) is 6.93.